The number of likely N-dealkylation sites (N-methyl/N-ethyl adjacent to an activating group) is 1. The molecule has 0 aliphatic rings. The Balaban J connectivity index is 1.89. The average molecular weight is 366 g/mol. The third-order valence-corrected chi connectivity index (χ3v) is 4.26. The SMILES string of the molecule is CNC(=O)Cc1nc2ccccc2n1CC(=O)Nc1cc(C)ccc1OC. The minimum Gasteiger partial charge on any atom is -0.495 e. The number of methoxy groups -OCH3 is 1. The number of nitrogens with one attached hydrogen (secondary N) is 2. The smallest absolute Gasteiger partial charge is 0.244 e. The van der Waals surface area contributed by atoms with Gasteiger partial charge in [-0.1, -0.05) is 18.2 Å². The van der Waals surface area contributed by atoms with Crippen molar-refractivity contribution in [2.24, 2.45) is 0 Å². The van der Waals surface area contributed by atoms with Gasteiger partial charge >= 0.3 is 0 Å². The van der Waals surface area contributed by atoms with Gasteiger partial charge in [-0.15, -0.1) is 0 Å². The van der Waals surface area contributed by atoms with Gasteiger partial charge in [-0.3, -0.25) is 9.59 Å². The van der Waals surface area contributed by atoms with Gasteiger partial charge in [0.2, 0.25) is 11.8 Å². The third kappa shape index (κ3) is 4.08. The maximum atomic E-state index is 12.7. The lowest BCUT2D eigenvalue weighted by atomic mass is 10.2. The Kier molecular flexibility index (Phi) is 5.40. The lowest BCUT2D eigenvalue weighted by Crippen LogP contribution is -2.25. The fourth-order valence-corrected chi connectivity index (χ4v) is 2.92. The van der Waals surface area contributed by atoms with Crippen molar-refractivity contribution in [3.05, 3.63) is 53.9 Å². The minimum atomic E-state index is -0.222. The molecular weight excluding hydrogens is 344 g/mol. The van der Waals surface area contributed by atoms with Crippen LogP contribution in [0.15, 0.2) is 42.5 Å². The molecule has 0 saturated carbocycles. The monoisotopic (exact) mass is 366 g/mol. The summed E-state index contributed by atoms with van der Waals surface area (Å²) in [6.45, 7) is 1.99. The molecule has 7 heteroatoms. The molecule has 2 aromatic carbocycles. The van der Waals surface area contributed by atoms with E-state index in [0.717, 1.165) is 16.6 Å². The van der Waals surface area contributed by atoms with Gasteiger partial charge in [0, 0.05) is 7.05 Å². The minimum absolute atomic E-state index is 0.0456. The lowest BCUT2D eigenvalue weighted by Gasteiger charge is -2.13. The van der Waals surface area contributed by atoms with Gasteiger partial charge in [-0.25, -0.2) is 4.98 Å². The molecule has 27 heavy (non-hydrogen) atoms. The summed E-state index contributed by atoms with van der Waals surface area (Å²) in [5, 5.41) is 5.48. The second kappa shape index (κ2) is 7.90. The van der Waals surface area contributed by atoms with Crippen LogP contribution in [0, 0.1) is 6.92 Å². The predicted octanol–water partition coefficient (Wildman–Crippen LogP) is 2.28. The zero-order chi connectivity index (χ0) is 19.4. The second-order valence-electron chi connectivity index (χ2n) is 6.20. The highest BCUT2D eigenvalue weighted by Crippen LogP contribution is 2.25. The van der Waals surface area contributed by atoms with E-state index in [1.54, 1.807) is 18.7 Å². The van der Waals surface area contributed by atoms with Crippen molar-refractivity contribution in [2.75, 3.05) is 19.5 Å². The topological polar surface area (TPSA) is 85.2 Å². The van der Waals surface area contributed by atoms with E-state index >= 15 is 0 Å². The third-order valence-electron chi connectivity index (χ3n) is 4.26. The van der Waals surface area contributed by atoms with Crippen LogP contribution in [-0.2, 0) is 22.6 Å². The Morgan fingerprint density at radius 2 is 1.93 bits per heavy atom. The number of amides is 2. The number of rotatable bonds is 6. The van der Waals surface area contributed by atoms with Crippen molar-refractivity contribution in [3.63, 3.8) is 0 Å². The van der Waals surface area contributed by atoms with Gasteiger partial charge < -0.3 is 19.9 Å². The van der Waals surface area contributed by atoms with Crippen molar-refractivity contribution in [1.82, 2.24) is 14.9 Å². The second-order valence-corrected chi connectivity index (χ2v) is 6.20. The Hall–Kier alpha value is -3.35. The summed E-state index contributed by atoms with van der Waals surface area (Å²) in [5.41, 5.74) is 3.18. The van der Waals surface area contributed by atoms with E-state index in [4.69, 9.17) is 4.74 Å². The van der Waals surface area contributed by atoms with Gasteiger partial charge in [-0.2, -0.15) is 0 Å². The highest BCUT2D eigenvalue weighted by atomic mass is 16.5. The first-order chi connectivity index (χ1) is 13.0. The number of nitrogens with zero attached hydrogens (tertiary/aromatic N) is 2. The van der Waals surface area contributed by atoms with Crippen LogP contribution in [0.3, 0.4) is 0 Å². The van der Waals surface area contributed by atoms with Crippen LogP contribution >= 0.6 is 0 Å². The first kappa shape index (κ1) is 18.4. The number of benzene rings is 2. The molecule has 0 fully saturated rings. The van der Waals surface area contributed by atoms with Crippen LogP contribution in [-0.4, -0.2) is 35.5 Å². The molecule has 3 rings (SSSR count). The van der Waals surface area contributed by atoms with E-state index in [-0.39, 0.29) is 24.8 Å². The number of aryl methyl sites for hydroxylation is 1. The molecule has 0 radical (unpaired) electrons. The van der Waals surface area contributed by atoms with Crippen LogP contribution in [0.5, 0.6) is 5.75 Å². The van der Waals surface area contributed by atoms with E-state index in [9.17, 15) is 9.59 Å². The van der Waals surface area contributed by atoms with Crippen LogP contribution < -0.4 is 15.4 Å². The molecule has 0 aliphatic carbocycles. The molecule has 3 aromatic rings. The van der Waals surface area contributed by atoms with Crippen molar-refractivity contribution in [1.29, 1.82) is 0 Å². The van der Waals surface area contributed by atoms with E-state index < -0.39 is 0 Å². The standard InChI is InChI=1S/C20H22N4O3/c1-13-8-9-17(27-3)15(10-13)23-20(26)12-24-16-7-5-4-6-14(16)22-18(24)11-19(25)21-2/h4-10H,11-12H2,1-3H3,(H,21,25)(H,23,26). The molecule has 0 saturated heterocycles. The quantitative estimate of drug-likeness (QED) is 0.701. The molecule has 1 aromatic heterocycles. The molecule has 0 unspecified atom stereocenters. The molecule has 0 aliphatic heterocycles. The zero-order valence-electron chi connectivity index (χ0n) is 15.6. The van der Waals surface area contributed by atoms with Crippen molar-refractivity contribution < 1.29 is 14.3 Å². The number of carbonyl (C=O) groups excluding carboxylic acids is 2. The summed E-state index contributed by atoms with van der Waals surface area (Å²) >= 11 is 0. The van der Waals surface area contributed by atoms with Crippen LogP contribution in [0.25, 0.3) is 11.0 Å². The highest BCUT2D eigenvalue weighted by molar-refractivity contribution is 5.93. The lowest BCUT2D eigenvalue weighted by molar-refractivity contribution is -0.120. The van der Waals surface area contributed by atoms with Crippen LogP contribution in [0.2, 0.25) is 0 Å². The Labute approximate surface area is 157 Å². The molecule has 0 bridgehead atoms. The van der Waals surface area contributed by atoms with E-state index in [0.29, 0.717) is 17.3 Å². The summed E-state index contributed by atoms with van der Waals surface area (Å²) in [4.78, 5) is 29.0. The molecule has 2 amide bonds. The number of anilines is 1. The largest absolute Gasteiger partial charge is 0.495 e. The molecule has 0 spiro atoms. The zero-order valence-corrected chi connectivity index (χ0v) is 15.6. The van der Waals surface area contributed by atoms with E-state index in [1.165, 1.54) is 0 Å². The fraction of sp³-hybridized carbons (Fsp3) is 0.250. The normalized spacial score (nSPS) is 10.6. The van der Waals surface area contributed by atoms with Crippen LogP contribution in [0.1, 0.15) is 11.4 Å². The molecule has 2 N–H and O–H groups in total. The van der Waals surface area contributed by atoms with Gasteiger partial charge in [0.15, 0.2) is 0 Å². The number of aromatic nitrogens is 2. The van der Waals surface area contributed by atoms with Gasteiger partial charge in [0.25, 0.3) is 0 Å². The van der Waals surface area contributed by atoms with Gasteiger partial charge in [-0.05, 0) is 36.8 Å². The number of imidazole rings is 1. The Bertz CT molecular complexity index is 994. The Morgan fingerprint density at radius 3 is 2.67 bits per heavy atom. The Morgan fingerprint density at radius 1 is 1.15 bits per heavy atom. The number of para-hydroxylation sites is 2. The maximum Gasteiger partial charge on any atom is 0.244 e. The molecule has 1 heterocycles. The summed E-state index contributed by atoms with van der Waals surface area (Å²) in [6.07, 6.45) is 0.103. The molecule has 7 nitrogen and oxygen atoms in total. The van der Waals surface area contributed by atoms with Crippen molar-refractivity contribution in [2.45, 2.75) is 19.9 Å². The number of hydrogen-bond acceptors (Lipinski definition) is 4. The summed E-state index contributed by atoms with van der Waals surface area (Å²) in [6, 6.07) is 13.1. The number of carbonyl (C=O) groups is 2. The fourth-order valence-electron chi connectivity index (χ4n) is 2.92. The molecular formula is C20H22N4O3. The van der Waals surface area contributed by atoms with Crippen LogP contribution in [0.4, 0.5) is 5.69 Å². The molecule has 140 valence electrons. The summed E-state index contributed by atoms with van der Waals surface area (Å²) in [7, 11) is 3.14. The van der Waals surface area contributed by atoms with Gasteiger partial charge in [0.1, 0.15) is 18.1 Å². The number of fused-ring (bicyclic) bond motifs is 1. The van der Waals surface area contributed by atoms with Crippen molar-refractivity contribution in [3.8, 4) is 5.75 Å². The van der Waals surface area contributed by atoms with E-state index in [2.05, 4.69) is 15.6 Å². The van der Waals surface area contributed by atoms with Crippen molar-refractivity contribution >= 4 is 28.5 Å². The maximum absolute atomic E-state index is 12.7. The summed E-state index contributed by atoms with van der Waals surface area (Å²) in [5.74, 6) is 0.754. The number of hydrogen-bond donors (Lipinski definition) is 2. The first-order valence-corrected chi connectivity index (χ1v) is 8.61. The molecule has 0 atom stereocenters. The average Bonchev–Trinajstić information content (AvgIpc) is 2.99. The highest BCUT2D eigenvalue weighted by Gasteiger charge is 2.16. The summed E-state index contributed by atoms with van der Waals surface area (Å²) < 4.78 is 7.08. The van der Waals surface area contributed by atoms with Gasteiger partial charge in [0.05, 0.1) is 30.3 Å². The first-order valence-electron chi connectivity index (χ1n) is 8.61. The van der Waals surface area contributed by atoms with E-state index in [1.807, 2.05) is 49.4 Å². The number of ether oxygens (including phenoxy) is 1. The predicted molar refractivity (Wildman–Crippen MR) is 104 cm³/mol.